The Morgan fingerprint density at radius 2 is 1.82 bits per heavy atom. The molecule has 6 heteroatoms. The number of phenols is 1. The minimum atomic E-state index is -1.39. The van der Waals surface area contributed by atoms with Gasteiger partial charge in [0.2, 0.25) is 0 Å². The molecule has 0 amide bonds. The van der Waals surface area contributed by atoms with E-state index in [1.807, 2.05) is 22.6 Å². The van der Waals surface area contributed by atoms with Crippen molar-refractivity contribution >= 4 is 34.5 Å². The Labute approximate surface area is 111 Å². The smallest absolute Gasteiger partial charge is 0.317 e. The van der Waals surface area contributed by atoms with Crippen LogP contribution in [-0.2, 0) is 16.0 Å². The Bertz CT molecular complexity index is 429. The lowest BCUT2D eigenvalue weighted by Crippen LogP contribution is -2.23. The highest BCUT2D eigenvalue weighted by molar-refractivity contribution is 14.1. The summed E-state index contributed by atoms with van der Waals surface area (Å²) in [6, 6.07) is 4.86. The summed E-state index contributed by atoms with van der Waals surface area (Å²) >= 11 is 1.95. The Balaban J connectivity index is 2.69. The van der Waals surface area contributed by atoms with Crippen LogP contribution in [0, 0.1) is 9.49 Å². The molecule has 92 valence electrons. The lowest BCUT2D eigenvalue weighted by molar-refractivity contribution is -0.154. The van der Waals surface area contributed by atoms with Gasteiger partial charge in [0.25, 0.3) is 0 Å². The molecule has 0 fully saturated rings. The molecule has 5 nitrogen and oxygen atoms in total. The number of benzene rings is 1. The van der Waals surface area contributed by atoms with Gasteiger partial charge in [0, 0.05) is 0 Å². The molecule has 0 atom stereocenters. The second-order valence-electron chi connectivity index (χ2n) is 3.55. The van der Waals surface area contributed by atoms with Crippen molar-refractivity contribution in [2.24, 2.45) is 5.92 Å². The van der Waals surface area contributed by atoms with Gasteiger partial charge < -0.3 is 15.3 Å². The molecular formula is C11H11IO5. The van der Waals surface area contributed by atoms with E-state index < -0.39 is 17.9 Å². The van der Waals surface area contributed by atoms with Crippen LogP contribution in [0.2, 0.25) is 0 Å². The van der Waals surface area contributed by atoms with Gasteiger partial charge in [-0.2, -0.15) is 0 Å². The molecular weight excluding hydrogens is 339 g/mol. The van der Waals surface area contributed by atoms with E-state index in [9.17, 15) is 14.7 Å². The number of carbonyl (C=O) groups is 2. The average Bonchev–Trinajstić information content (AvgIpc) is 2.22. The topological polar surface area (TPSA) is 94.8 Å². The first-order chi connectivity index (χ1) is 7.91. The number of hydrogen-bond acceptors (Lipinski definition) is 3. The van der Waals surface area contributed by atoms with E-state index in [0.717, 1.165) is 5.56 Å². The van der Waals surface area contributed by atoms with Gasteiger partial charge in [-0.15, -0.1) is 0 Å². The molecule has 0 unspecified atom stereocenters. The first kappa shape index (κ1) is 13.8. The lowest BCUT2D eigenvalue weighted by Gasteiger charge is -2.07. The second kappa shape index (κ2) is 5.85. The maximum absolute atomic E-state index is 10.7. The van der Waals surface area contributed by atoms with Crippen molar-refractivity contribution < 1.29 is 24.9 Å². The van der Waals surface area contributed by atoms with Crippen molar-refractivity contribution in [2.45, 2.75) is 12.8 Å². The van der Waals surface area contributed by atoms with Crippen molar-refractivity contribution in [1.82, 2.24) is 0 Å². The molecule has 3 N–H and O–H groups in total. The maximum atomic E-state index is 10.7. The zero-order chi connectivity index (χ0) is 13.0. The molecule has 17 heavy (non-hydrogen) atoms. The van der Waals surface area contributed by atoms with Crippen molar-refractivity contribution in [2.75, 3.05) is 0 Å². The van der Waals surface area contributed by atoms with Crippen LogP contribution in [0.5, 0.6) is 5.75 Å². The fourth-order valence-electron chi connectivity index (χ4n) is 1.37. The van der Waals surface area contributed by atoms with Crippen LogP contribution in [-0.4, -0.2) is 27.3 Å². The predicted octanol–water partition coefficient (Wildman–Crippen LogP) is 1.71. The Morgan fingerprint density at radius 3 is 2.29 bits per heavy atom. The highest BCUT2D eigenvalue weighted by Crippen LogP contribution is 2.21. The molecule has 1 aromatic rings. The molecule has 0 heterocycles. The molecule has 0 saturated heterocycles. The van der Waals surface area contributed by atoms with Crippen LogP contribution in [0.1, 0.15) is 12.0 Å². The molecule has 0 bridgehead atoms. The van der Waals surface area contributed by atoms with Crippen molar-refractivity contribution in [3.05, 3.63) is 27.3 Å². The van der Waals surface area contributed by atoms with Crippen LogP contribution in [0.3, 0.4) is 0 Å². The van der Waals surface area contributed by atoms with Crippen molar-refractivity contribution in [1.29, 1.82) is 0 Å². The molecule has 1 aromatic carbocycles. The van der Waals surface area contributed by atoms with E-state index in [-0.39, 0.29) is 12.2 Å². The van der Waals surface area contributed by atoms with Gasteiger partial charge in [-0.05, 0) is 53.1 Å². The van der Waals surface area contributed by atoms with Gasteiger partial charge in [0.05, 0.1) is 3.57 Å². The van der Waals surface area contributed by atoms with Gasteiger partial charge in [-0.1, -0.05) is 6.07 Å². The number of carboxylic acids is 2. The summed E-state index contributed by atoms with van der Waals surface area (Å²) < 4.78 is 0.655. The molecule has 0 spiro atoms. The van der Waals surface area contributed by atoms with Gasteiger partial charge >= 0.3 is 11.9 Å². The van der Waals surface area contributed by atoms with Gasteiger partial charge in [0.1, 0.15) is 5.75 Å². The Morgan fingerprint density at radius 1 is 1.24 bits per heavy atom. The standard InChI is InChI=1S/C11H11IO5/c12-8-5-6(2-4-9(8)13)1-3-7(10(14)15)11(16)17/h2,4-5,7,13H,1,3H2,(H,14,15)(H,16,17). The van der Waals surface area contributed by atoms with Gasteiger partial charge in [-0.3, -0.25) is 9.59 Å². The summed E-state index contributed by atoms with van der Waals surface area (Å²) in [5.74, 6) is -3.89. The predicted molar refractivity (Wildman–Crippen MR) is 67.9 cm³/mol. The minimum Gasteiger partial charge on any atom is -0.507 e. The lowest BCUT2D eigenvalue weighted by atomic mass is 10.00. The number of aromatic hydroxyl groups is 1. The summed E-state index contributed by atoms with van der Waals surface area (Å²) in [4.78, 5) is 21.3. The molecule has 1 rings (SSSR count). The highest BCUT2D eigenvalue weighted by atomic mass is 127. The van der Waals surface area contributed by atoms with E-state index in [4.69, 9.17) is 10.2 Å². The zero-order valence-corrected chi connectivity index (χ0v) is 10.9. The summed E-state index contributed by atoms with van der Waals surface area (Å²) in [6.07, 6.45) is 0.380. The van der Waals surface area contributed by atoms with E-state index in [0.29, 0.717) is 9.99 Å². The number of rotatable bonds is 5. The Kier molecular flexibility index (Phi) is 4.73. The molecule has 0 aliphatic heterocycles. The summed E-state index contributed by atoms with van der Waals surface area (Å²) in [5.41, 5.74) is 0.805. The molecule has 0 aliphatic carbocycles. The van der Waals surface area contributed by atoms with Crippen LogP contribution in [0.15, 0.2) is 18.2 Å². The number of hydrogen-bond donors (Lipinski definition) is 3. The third-order valence-corrected chi connectivity index (χ3v) is 3.19. The number of phenolic OH excluding ortho intramolecular Hbond substituents is 1. The quantitative estimate of drug-likeness (QED) is 0.555. The first-order valence-electron chi connectivity index (χ1n) is 4.85. The normalized spacial score (nSPS) is 10.5. The van der Waals surface area contributed by atoms with Crippen LogP contribution >= 0.6 is 22.6 Å². The molecule has 0 saturated carbocycles. The molecule has 0 aliphatic rings. The monoisotopic (exact) mass is 350 g/mol. The van der Waals surface area contributed by atoms with Crippen molar-refractivity contribution in [3.8, 4) is 5.75 Å². The second-order valence-corrected chi connectivity index (χ2v) is 4.72. The third-order valence-electron chi connectivity index (χ3n) is 2.33. The Hall–Kier alpha value is -1.31. The number of halogens is 1. The van der Waals surface area contributed by atoms with Crippen molar-refractivity contribution in [3.63, 3.8) is 0 Å². The van der Waals surface area contributed by atoms with Gasteiger partial charge in [-0.25, -0.2) is 0 Å². The number of aryl methyl sites for hydroxylation is 1. The fourth-order valence-corrected chi connectivity index (χ4v) is 1.95. The molecule has 0 aromatic heterocycles. The van der Waals surface area contributed by atoms with E-state index in [1.165, 1.54) is 6.07 Å². The van der Waals surface area contributed by atoms with Crippen LogP contribution < -0.4 is 0 Å². The third kappa shape index (κ3) is 3.88. The SMILES string of the molecule is O=C(O)C(CCc1ccc(O)c(I)c1)C(=O)O. The maximum Gasteiger partial charge on any atom is 0.317 e. The van der Waals surface area contributed by atoms with E-state index >= 15 is 0 Å². The largest absolute Gasteiger partial charge is 0.507 e. The fraction of sp³-hybridized carbons (Fsp3) is 0.273. The number of aliphatic carboxylic acids is 2. The summed E-state index contributed by atoms with van der Waals surface area (Å²) in [6.45, 7) is 0. The van der Waals surface area contributed by atoms with Crippen LogP contribution in [0.25, 0.3) is 0 Å². The van der Waals surface area contributed by atoms with Crippen LogP contribution in [0.4, 0.5) is 0 Å². The minimum absolute atomic E-state index is 0.0333. The summed E-state index contributed by atoms with van der Waals surface area (Å²) in [7, 11) is 0. The van der Waals surface area contributed by atoms with E-state index in [2.05, 4.69) is 0 Å². The van der Waals surface area contributed by atoms with E-state index in [1.54, 1.807) is 12.1 Å². The number of carboxylic acid groups (broad SMARTS) is 2. The highest BCUT2D eigenvalue weighted by Gasteiger charge is 2.25. The molecule has 0 radical (unpaired) electrons. The summed E-state index contributed by atoms with van der Waals surface area (Å²) in [5, 5.41) is 26.7. The first-order valence-corrected chi connectivity index (χ1v) is 5.92. The zero-order valence-electron chi connectivity index (χ0n) is 8.76. The van der Waals surface area contributed by atoms with Gasteiger partial charge in [0.15, 0.2) is 5.92 Å². The average molecular weight is 350 g/mol.